The molecular formula is C16H34N2O2S. The molecule has 1 heterocycles. The zero-order valence-electron chi connectivity index (χ0n) is 14.3. The van der Waals surface area contributed by atoms with Crippen molar-refractivity contribution in [2.75, 3.05) is 18.8 Å². The number of unbranched alkanes of at least 4 members (excludes halogenated alkanes) is 4. The first-order valence-corrected chi connectivity index (χ1v) is 10.2. The smallest absolute Gasteiger partial charge is 0.211 e. The van der Waals surface area contributed by atoms with Crippen LogP contribution in [0.3, 0.4) is 0 Å². The maximum Gasteiger partial charge on any atom is 0.211 e. The van der Waals surface area contributed by atoms with Crippen molar-refractivity contribution in [3.05, 3.63) is 0 Å². The van der Waals surface area contributed by atoms with Crippen molar-refractivity contribution in [1.82, 2.24) is 9.62 Å². The van der Waals surface area contributed by atoms with Crippen LogP contribution in [-0.4, -0.2) is 43.7 Å². The summed E-state index contributed by atoms with van der Waals surface area (Å²) in [5.74, 6) is 0.171. The zero-order chi connectivity index (χ0) is 15.9. The van der Waals surface area contributed by atoms with Gasteiger partial charge in [-0.1, -0.05) is 39.0 Å². The molecule has 1 rings (SSSR count). The standard InChI is InChI=1S/C16H34N2O2S/c1-5-7-8-9-10-12-16(3,4)18-13-11-15(14-18)17-21(19,20)6-2/h15,17H,5-14H2,1-4H3/t15-/m1/s1. The molecule has 0 radical (unpaired) electrons. The molecule has 1 atom stereocenters. The first-order chi connectivity index (χ1) is 9.80. The van der Waals surface area contributed by atoms with Gasteiger partial charge in [0.1, 0.15) is 0 Å². The van der Waals surface area contributed by atoms with E-state index < -0.39 is 10.0 Å². The van der Waals surface area contributed by atoms with E-state index in [0.717, 1.165) is 19.5 Å². The van der Waals surface area contributed by atoms with Gasteiger partial charge in [0.25, 0.3) is 0 Å². The third-order valence-corrected chi connectivity index (χ3v) is 6.12. The van der Waals surface area contributed by atoms with Gasteiger partial charge < -0.3 is 0 Å². The van der Waals surface area contributed by atoms with E-state index in [0.29, 0.717) is 0 Å². The van der Waals surface area contributed by atoms with Gasteiger partial charge in [-0.05, 0) is 33.6 Å². The molecule has 1 aliphatic heterocycles. The molecule has 0 aromatic heterocycles. The summed E-state index contributed by atoms with van der Waals surface area (Å²) >= 11 is 0. The molecule has 0 spiro atoms. The molecule has 5 heteroatoms. The number of likely N-dealkylation sites (tertiary alicyclic amines) is 1. The Balaban J connectivity index is 2.36. The fourth-order valence-electron chi connectivity index (χ4n) is 3.06. The van der Waals surface area contributed by atoms with Crippen molar-refractivity contribution in [1.29, 1.82) is 0 Å². The maximum absolute atomic E-state index is 11.7. The second kappa shape index (κ2) is 8.49. The van der Waals surface area contributed by atoms with E-state index in [1.165, 1.54) is 38.5 Å². The number of sulfonamides is 1. The Kier molecular flexibility index (Phi) is 7.65. The van der Waals surface area contributed by atoms with Gasteiger partial charge in [-0.25, -0.2) is 13.1 Å². The van der Waals surface area contributed by atoms with Crippen LogP contribution in [-0.2, 0) is 10.0 Å². The Labute approximate surface area is 131 Å². The molecular weight excluding hydrogens is 284 g/mol. The molecule has 0 aliphatic carbocycles. The Bertz CT molecular complexity index is 393. The Hall–Kier alpha value is -0.130. The fraction of sp³-hybridized carbons (Fsp3) is 1.00. The number of hydrogen-bond acceptors (Lipinski definition) is 3. The van der Waals surface area contributed by atoms with E-state index >= 15 is 0 Å². The summed E-state index contributed by atoms with van der Waals surface area (Å²) in [5.41, 5.74) is 0.179. The monoisotopic (exact) mass is 318 g/mol. The highest BCUT2D eigenvalue weighted by Crippen LogP contribution is 2.27. The number of hydrogen-bond donors (Lipinski definition) is 1. The maximum atomic E-state index is 11.7. The van der Waals surface area contributed by atoms with Crippen molar-refractivity contribution in [2.45, 2.75) is 84.2 Å². The molecule has 0 bridgehead atoms. The number of nitrogens with zero attached hydrogens (tertiary/aromatic N) is 1. The predicted octanol–water partition coefficient (Wildman–Crippen LogP) is 3.14. The molecule has 0 saturated carbocycles. The Morgan fingerprint density at radius 3 is 2.43 bits per heavy atom. The van der Waals surface area contributed by atoms with Crippen molar-refractivity contribution in [3.63, 3.8) is 0 Å². The van der Waals surface area contributed by atoms with Crippen molar-refractivity contribution in [2.24, 2.45) is 0 Å². The van der Waals surface area contributed by atoms with Crippen molar-refractivity contribution in [3.8, 4) is 0 Å². The van der Waals surface area contributed by atoms with Crippen LogP contribution in [0.1, 0.15) is 72.6 Å². The second-order valence-corrected chi connectivity index (χ2v) is 8.97. The van der Waals surface area contributed by atoms with Gasteiger partial charge in [-0.2, -0.15) is 0 Å². The molecule has 4 nitrogen and oxygen atoms in total. The van der Waals surface area contributed by atoms with E-state index in [-0.39, 0.29) is 17.3 Å². The quantitative estimate of drug-likeness (QED) is 0.630. The van der Waals surface area contributed by atoms with E-state index in [1.54, 1.807) is 6.92 Å². The summed E-state index contributed by atoms with van der Waals surface area (Å²) in [4.78, 5) is 2.45. The molecule has 0 aromatic carbocycles. The average molecular weight is 319 g/mol. The fourth-order valence-corrected chi connectivity index (χ4v) is 3.93. The van der Waals surface area contributed by atoms with Crippen LogP contribution in [0.25, 0.3) is 0 Å². The average Bonchev–Trinajstić information content (AvgIpc) is 2.87. The minimum Gasteiger partial charge on any atom is -0.297 e. The minimum atomic E-state index is -3.08. The zero-order valence-corrected chi connectivity index (χ0v) is 15.1. The summed E-state index contributed by atoms with van der Waals surface area (Å²) in [6, 6.07) is 0.0920. The third-order valence-electron chi connectivity index (χ3n) is 4.66. The summed E-state index contributed by atoms with van der Waals surface area (Å²) in [6.45, 7) is 10.4. The first kappa shape index (κ1) is 18.9. The van der Waals surface area contributed by atoms with Gasteiger partial charge in [0.05, 0.1) is 5.75 Å². The number of rotatable bonds is 10. The lowest BCUT2D eigenvalue weighted by Gasteiger charge is -2.36. The molecule has 1 aliphatic rings. The summed E-state index contributed by atoms with van der Waals surface area (Å²) in [6.07, 6.45) is 8.68. The van der Waals surface area contributed by atoms with Crippen LogP contribution in [0.5, 0.6) is 0 Å². The van der Waals surface area contributed by atoms with E-state index in [2.05, 4.69) is 30.4 Å². The predicted molar refractivity (Wildman–Crippen MR) is 90.0 cm³/mol. The highest BCUT2D eigenvalue weighted by Gasteiger charge is 2.34. The van der Waals surface area contributed by atoms with Crippen molar-refractivity contribution >= 4 is 10.0 Å². The van der Waals surface area contributed by atoms with Gasteiger partial charge in [0.15, 0.2) is 0 Å². The van der Waals surface area contributed by atoms with Crippen LogP contribution < -0.4 is 4.72 Å². The molecule has 1 N–H and O–H groups in total. The molecule has 0 unspecified atom stereocenters. The molecule has 1 fully saturated rings. The Morgan fingerprint density at radius 1 is 1.14 bits per heavy atom. The van der Waals surface area contributed by atoms with E-state index in [1.807, 2.05) is 0 Å². The van der Waals surface area contributed by atoms with Crippen molar-refractivity contribution < 1.29 is 8.42 Å². The minimum absolute atomic E-state index is 0.0920. The lowest BCUT2D eigenvalue weighted by molar-refractivity contribution is 0.138. The summed E-state index contributed by atoms with van der Waals surface area (Å²) in [7, 11) is -3.08. The summed E-state index contributed by atoms with van der Waals surface area (Å²) in [5, 5.41) is 0. The van der Waals surface area contributed by atoms with Crippen LogP contribution in [0.2, 0.25) is 0 Å². The lowest BCUT2D eigenvalue weighted by Crippen LogP contribution is -2.45. The summed E-state index contributed by atoms with van der Waals surface area (Å²) < 4.78 is 26.1. The molecule has 0 amide bonds. The van der Waals surface area contributed by atoms with Crippen LogP contribution in [0.15, 0.2) is 0 Å². The molecule has 0 aromatic rings. The van der Waals surface area contributed by atoms with Gasteiger partial charge in [-0.3, -0.25) is 4.90 Å². The van der Waals surface area contributed by atoms with Crippen LogP contribution in [0, 0.1) is 0 Å². The topological polar surface area (TPSA) is 49.4 Å². The van der Waals surface area contributed by atoms with Crippen LogP contribution >= 0.6 is 0 Å². The highest BCUT2D eigenvalue weighted by atomic mass is 32.2. The highest BCUT2D eigenvalue weighted by molar-refractivity contribution is 7.89. The molecule has 126 valence electrons. The molecule has 1 saturated heterocycles. The van der Waals surface area contributed by atoms with E-state index in [4.69, 9.17) is 0 Å². The van der Waals surface area contributed by atoms with Gasteiger partial charge in [0, 0.05) is 24.7 Å². The second-order valence-electron chi connectivity index (χ2n) is 6.93. The number of nitrogens with one attached hydrogen (secondary N) is 1. The normalized spacial score (nSPS) is 21.0. The van der Waals surface area contributed by atoms with Gasteiger partial charge >= 0.3 is 0 Å². The van der Waals surface area contributed by atoms with Crippen LogP contribution in [0.4, 0.5) is 0 Å². The van der Waals surface area contributed by atoms with E-state index in [9.17, 15) is 8.42 Å². The first-order valence-electron chi connectivity index (χ1n) is 8.56. The Morgan fingerprint density at radius 2 is 1.81 bits per heavy atom. The SMILES string of the molecule is CCCCCCCC(C)(C)N1CC[C@@H](NS(=O)(=O)CC)C1. The largest absolute Gasteiger partial charge is 0.297 e. The lowest BCUT2D eigenvalue weighted by atomic mass is 9.94. The van der Waals surface area contributed by atoms with Gasteiger partial charge in [0.2, 0.25) is 10.0 Å². The molecule has 21 heavy (non-hydrogen) atoms. The van der Waals surface area contributed by atoms with Gasteiger partial charge in [-0.15, -0.1) is 0 Å². The third kappa shape index (κ3) is 6.66.